The number of aromatic nitrogens is 1. The highest BCUT2D eigenvalue weighted by Gasteiger charge is 2.22. The Morgan fingerprint density at radius 3 is 3.10 bits per heavy atom. The van der Waals surface area contributed by atoms with Crippen molar-refractivity contribution < 1.29 is 13.9 Å². The van der Waals surface area contributed by atoms with Crippen molar-refractivity contribution in [3.8, 4) is 0 Å². The molecular weight excluding hydrogens is 288 g/mol. The molecule has 21 heavy (non-hydrogen) atoms. The van der Waals surface area contributed by atoms with E-state index in [4.69, 9.17) is 21.4 Å². The first kappa shape index (κ1) is 14.3. The summed E-state index contributed by atoms with van der Waals surface area (Å²) in [5, 5.41) is 2.88. The number of oxazole rings is 1. The number of aromatic amines is 1. The van der Waals surface area contributed by atoms with Gasteiger partial charge < -0.3 is 19.5 Å². The molecule has 0 aliphatic carbocycles. The summed E-state index contributed by atoms with van der Waals surface area (Å²) < 4.78 is 11.0. The Morgan fingerprint density at radius 1 is 1.48 bits per heavy atom. The Morgan fingerprint density at radius 2 is 2.33 bits per heavy atom. The molecule has 1 aliphatic rings. The number of benzene rings is 1. The van der Waals surface area contributed by atoms with Crippen LogP contribution in [0.1, 0.15) is 32.6 Å². The molecule has 5 nitrogen and oxygen atoms in total. The van der Waals surface area contributed by atoms with Gasteiger partial charge in [-0.25, -0.2) is 0 Å². The van der Waals surface area contributed by atoms with Gasteiger partial charge in [0, 0.05) is 18.2 Å². The first-order valence-corrected chi connectivity index (χ1v) is 7.59. The van der Waals surface area contributed by atoms with Crippen molar-refractivity contribution in [1.82, 2.24) is 4.98 Å². The first-order valence-electron chi connectivity index (χ1n) is 7.18. The van der Waals surface area contributed by atoms with E-state index in [9.17, 15) is 4.79 Å². The van der Waals surface area contributed by atoms with Crippen LogP contribution in [0.5, 0.6) is 0 Å². The maximum Gasteiger partial charge on any atom is 0.266 e. The monoisotopic (exact) mass is 306 g/mol. The third-order valence-corrected chi connectivity index (χ3v) is 3.90. The Hall–Kier alpha value is -1.66. The van der Waals surface area contributed by atoms with Gasteiger partial charge in [0.1, 0.15) is 0 Å². The molecule has 3 rings (SSSR count). The summed E-state index contributed by atoms with van der Waals surface area (Å²) in [5.74, 6) is -0.00774. The molecule has 2 aromatic rings. The topological polar surface area (TPSA) is 67.3 Å². The molecule has 2 atom stereocenters. The summed E-state index contributed by atoms with van der Waals surface area (Å²) in [4.78, 5) is 15.2. The number of anilines is 1. The van der Waals surface area contributed by atoms with E-state index in [-0.39, 0.29) is 12.0 Å². The highest BCUT2D eigenvalue weighted by molar-refractivity contribution is 7.71. The molecule has 1 aromatic heterocycles. The van der Waals surface area contributed by atoms with E-state index in [0.717, 1.165) is 24.8 Å². The fourth-order valence-electron chi connectivity index (χ4n) is 2.64. The van der Waals surface area contributed by atoms with E-state index in [2.05, 4.69) is 17.2 Å². The van der Waals surface area contributed by atoms with Gasteiger partial charge >= 0.3 is 0 Å². The lowest BCUT2D eigenvalue weighted by molar-refractivity contribution is -0.116. The molecule has 0 unspecified atom stereocenters. The highest BCUT2D eigenvalue weighted by atomic mass is 32.1. The van der Waals surface area contributed by atoms with Gasteiger partial charge in [0.15, 0.2) is 5.58 Å². The van der Waals surface area contributed by atoms with E-state index < -0.39 is 0 Å². The third kappa shape index (κ3) is 3.51. The van der Waals surface area contributed by atoms with Gasteiger partial charge in [0.2, 0.25) is 5.91 Å². The van der Waals surface area contributed by atoms with Crippen LogP contribution >= 0.6 is 12.2 Å². The number of rotatable bonds is 4. The minimum absolute atomic E-state index is 0.00774. The van der Waals surface area contributed by atoms with Gasteiger partial charge in [0.25, 0.3) is 4.84 Å². The largest absolute Gasteiger partial charge is 0.429 e. The fraction of sp³-hybridized carbons (Fsp3) is 0.467. The Kier molecular flexibility index (Phi) is 4.07. The average Bonchev–Trinajstić information content (AvgIpc) is 3.01. The number of carbonyl (C=O) groups is 1. The summed E-state index contributed by atoms with van der Waals surface area (Å²) in [6.07, 6.45) is 3.90. The quantitative estimate of drug-likeness (QED) is 0.844. The van der Waals surface area contributed by atoms with Crippen molar-refractivity contribution >= 4 is 34.9 Å². The summed E-state index contributed by atoms with van der Waals surface area (Å²) in [7, 11) is 0. The summed E-state index contributed by atoms with van der Waals surface area (Å²) in [5.41, 5.74) is 2.18. The number of H-pyrrole nitrogens is 1. The van der Waals surface area contributed by atoms with Gasteiger partial charge in [-0.3, -0.25) is 4.79 Å². The summed E-state index contributed by atoms with van der Waals surface area (Å²) in [6.45, 7) is 2.07. The maximum atomic E-state index is 12.0. The lowest BCUT2D eigenvalue weighted by Crippen LogP contribution is -2.15. The van der Waals surface area contributed by atoms with Crippen LogP contribution in [-0.2, 0) is 9.53 Å². The summed E-state index contributed by atoms with van der Waals surface area (Å²) >= 11 is 4.93. The van der Waals surface area contributed by atoms with Crippen LogP contribution in [0.25, 0.3) is 11.1 Å². The number of ether oxygens (including phenoxy) is 1. The molecule has 1 saturated heterocycles. The minimum atomic E-state index is -0.00774. The molecule has 1 fully saturated rings. The predicted octanol–water partition coefficient (Wildman–Crippen LogP) is 3.78. The predicted molar refractivity (Wildman–Crippen MR) is 82.8 cm³/mol. The van der Waals surface area contributed by atoms with Crippen LogP contribution in [0.2, 0.25) is 0 Å². The fourth-order valence-corrected chi connectivity index (χ4v) is 2.84. The molecule has 0 saturated carbocycles. The molecule has 0 radical (unpaired) electrons. The highest BCUT2D eigenvalue weighted by Crippen LogP contribution is 2.23. The molecule has 0 spiro atoms. The maximum absolute atomic E-state index is 12.0. The Balaban J connectivity index is 1.56. The molecule has 2 N–H and O–H groups in total. The molecule has 1 aromatic carbocycles. The number of carbonyl (C=O) groups excluding carboxylic acids is 1. The van der Waals surface area contributed by atoms with Crippen molar-refractivity contribution in [1.29, 1.82) is 0 Å². The van der Waals surface area contributed by atoms with Gasteiger partial charge in [0.05, 0.1) is 17.7 Å². The SMILES string of the molecule is C[C@H]1CC[C@H](CCC(=O)Nc2ccc3[nH]c(=S)oc3c2)O1. The smallest absolute Gasteiger partial charge is 0.266 e. The van der Waals surface area contributed by atoms with E-state index in [1.54, 1.807) is 6.07 Å². The van der Waals surface area contributed by atoms with Crippen molar-refractivity contribution in [2.24, 2.45) is 0 Å². The average molecular weight is 306 g/mol. The second kappa shape index (κ2) is 5.99. The van der Waals surface area contributed by atoms with Crippen LogP contribution in [0.3, 0.4) is 0 Å². The number of hydrogen-bond acceptors (Lipinski definition) is 4. The van der Waals surface area contributed by atoms with Crippen molar-refractivity contribution in [2.75, 3.05) is 5.32 Å². The van der Waals surface area contributed by atoms with Crippen LogP contribution < -0.4 is 5.32 Å². The lowest BCUT2D eigenvalue weighted by Gasteiger charge is -2.10. The molecule has 0 bridgehead atoms. The van der Waals surface area contributed by atoms with Crippen LogP contribution in [0, 0.1) is 4.84 Å². The summed E-state index contributed by atoms with van der Waals surface area (Å²) in [6, 6.07) is 5.44. The molecule has 1 amide bonds. The van der Waals surface area contributed by atoms with Crippen molar-refractivity contribution in [2.45, 2.75) is 44.8 Å². The molecule has 1 aliphatic heterocycles. The van der Waals surface area contributed by atoms with E-state index >= 15 is 0 Å². The third-order valence-electron chi connectivity index (χ3n) is 3.72. The van der Waals surface area contributed by atoms with Crippen LogP contribution in [0.4, 0.5) is 5.69 Å². The normalized spacial score (nSPS) is 21.8. The number of hydrogen-bond donors (Lipinski definition) is 2. The van der Waals surface area contributed by atoms with E-state index in [0.29, 0.717) is 28.6 Å². The van der Waals surface area contributed by atoms with Gasteiger partial charge in [-0.1, -0.05) is 0 Å². The molecular formula is C15H18N2O3S. The van der Waals surface area contributed by atoms with Crippen molar-refractivity contribution in [3.63, 3.8) is 0 Å². The Labute approximate surface area is 127 Å². The minimum Gasteiger partial charge on any atom is -0.429 e. The Bertz CT molecular complexity index is 706. The molecule has 6 heteroatoms. The number of nitrogens with one attached hydrogen (secondary N) is 2. The second-order valence-corrected chi connectivity index (χ2v) is 5.83. The van der Waals surface area contributed by atoms with Crippen LogP contribution in [-0.4, -0.2) is 23.1 Å². The van der Waals surface area contributed by atoms with Crippen molar-refractivity contribution in [3.05, 3.63) is 23.0 Å². The zero-order valence-corrected chi connectivity index (χ0v) is 12.7. The van der Waals surface area contributed by atoms with Crippen LogP contribution in [0.15, 0.2) is 22.6 Å². The van der Waals surface area contributed by atoms with E-state index in [1.807, 2.05) is 12.1 Å². The zero-order chi connectivity index (χ0) is 14.8. The number of fused-ring (bicyclic) bond motifs is 1. The van der Waals surface area contributed by atoms with Gasteiger partial charge in [-0.05, 0) is 50.5 Å². The first-order chi connectivity index (χ1) is 10.1. The van der Waals surface area contributed by atoms with Gasteiger partial charge in [-0.15, -0.1) is 0 Å². The molecule has 112 valence electrons. The van der Waals surface area contributed by atoms with Gasteiger partial charge in [-0.2, -0.15) is 0 Å². The number of amides is 1. The second-order valence-electron chi connectivity index (χ2n) is 5.46. The molecule has 2 heterocycles. The standard InChI is InChI=1S/C15H18N2O3S/c1-9-2-4-11(19-9)5-7-14(18)16-10-3-6-12-13(8-10)20-15(21)17-12/h3,6,8-9,11H,2,4-5,7H2,1H3,(H,16,18)(H,17,21)/t9-,11+/m0/s1. The lowest BCUT2D eigenvalue weighted by atomic mass is 10.1. The van der Waals surface area contributed by atoms with E-state index in [1.165, 1.54) is 0 Å². The zero-order valence-electron chi connectivity index (χ0n) is 11.8.